The van der Waals surface area contributed by atoms with Gasteiger partial charge in [-0.3, -0.25) is 0 Å². The van der Waals surface area contributed by atoms with E-state index in [0.29, 0.717) is 0 Å². The minimum Gasteiger partial charge on any atom is -0.396 e. The van der Waals surface area contributed by atoms with Crippen molar-refractivity contribution in [3.05, 3.63) is 34.3 Å². The molecular formula is C10H13ClO. The lowest BCUT2D eigenvalue weighted by molar-refractivity contribution is 0.273. The van der Waals surface area contributed by atoms with Crippen LogP contribution >= 0.6 is 11.6 Å². The Labute approximate surface area is 78.0 Å². The van der Waals surface area contributed by atoms with Crippen molar-refractivity contribution in [3.8, 4) is 0 Å². The predicted octanol–water partition coefficient (Wildman–Crippen LogP) is 2.74. The molecule has 0 fully saturated rings. The molecule has 2 heteroatoms. The summed E-state index contributed by atoms with van der Waals surface area (Å²) in [5, 5.41) is 9.68. The zero-order valence-corrected chi connectivity index (χ0v) is 8.10. The first-order valence-electron chi connectivity index (χ1n) is 4.02. The van der Waals surface area contributed by atoms with Gasteiger partial charge < -0.3 is 5.11 Å². The molecule has 1 N–H and O–H groups in total. The van der Waals surface area contributed by atoms with E-state index in [2.05, 4.69) is 0 Å². The van der Waals surface area contributed by atoms with E-state index in [0.717, 1.165) is 16.1 Å². The van der Waals surface area contributed by atoms with Crippen LogP contribution in [0.2, 0.25) is 5.02 Å². The molecule has 0 heterocycles. The number of hydrogen-bond acceptors (Lipinski definition) is 1. The fourth-order valence-electron chi connectivity index (χ4n) is 1.02. The van der Waals surface area contributed by atoms with E-state index in [1.54, 1.807) is 0 Å². The van der Waals surface area contributed by atoms with Crippen LogP contribution in [0.5, 0.6) is 0 Å². The smallest absolute Gasteiger partial charge is 0.0497 e. The maximum atomic E-state index is 8.91. The Bertz CT molecular complexity index is 271. The molecule has 66 valence electrons. The van der Waals surface area contributed by atoms with Gasteiger partial charge in [0.2, 0.25) is 0 Å². The molecule has 1 aromatic carbocycles. The van der Waals surface area contributed by atoms with Crippen LogP contribution in [0, 0.1) is 6.92 Å². The van der Waals surface area contributed by atoms with Gasteiger partial charge in [-0.2, -0.15) is 0 Å². The normalized spacial score (nSPS) is 13.0. The summed E-state index contributed by atoms with van der Waals surface area (Å²) in [5.74, 6) is 0.170. The molecular weight excluding hydrogens is 172 g/mol. The number of hydrogen-bond donors (Lipinski definition) is 1. The van der Waals surface area contributed by atoms with Gasteiger partial charge in [0.15, 0.2) is 0 Å². The molecule has 1 unspecified atom stereocenters. The monoisotopic (exact) mass is 184 g/mol. The van der Waals surface area contributed by atoms with Crippen molar-refractivity contribution in [3.63, 3.8) is 0 Å². The topological polar surface area (TPSA) is 20.2 Å². The molecule has 0 amide bonds. The minimum absolute atomic E-state index is 0.166. The summed E-state index contributed by atoms with van der Waals surface area (Å²) in [6.45, 7) is 4.11. The molecule has 0 aromatic heterocycles. The molecule has 0 saturated carbocycles. The molecule has 12 heavy (non-hydrogen) atoms. The Balaban J connectivity index is 2.96. The first-order valence-corrected chi connectivity index (χ1v) is 4.40. The maximum absolute atomic E-state index is 8.91. The minimum atomic E-state index is 0.166. The van der Waals surface area contributed by atoms with Crippen molar-refractivity contribution >= 4 is 11.6 Å². The van der Waals surface area contributed by atoms with Crippen LogP contribution in [0.4, 0.5) is 0 Å². The summed E-state index contributed by atoms with van der Waals surface area (Å²) in [6, 6.07) is 5.89. The van der Waals surface area contributed by atoms with Crippen LogP contribution in [0.15, 0.2) is 18.2 Å². The van der Waals surface area contributed by atoms with Crippen LogP contribution in [0.1, 0.15) is 24.0 Å². The fourth-order valence-corrected chi connectivity index (χ4v) is 1.21. The SMILES string of the molecule is Cc1ccc(C(C)CO)cc1Cl. The van der Waals surface area contributed by atoms with Gasteiger partial charge in [-0.25, -0.2) is 0 Å². The van der Waals surface area contributed by atoms with Crippen molar-refractivity contribution in [2.75, 3.05) is 6.61 Å². The van der Waals surface area contributed by atoms with Gasteiger partial charge in [0.1, 0.15) is 0 Å². The average Bonchev–Trinajstić information content (AvgIpc) is 2.08. The van der Waals surface area contributed by atoms with Crippen LogP contribution in [0.25, 0.3) is 0 Å². The van der Waals surface area contributed by atoms with Gasteiger partial charge >= 0.3 is 0 Å². The molecule has 0 saturated heterocycles. The molecule has 0 spiro atoms. The van der Waals surface area contributed by atoms with Crippen molar-refractivity contribution < 1.29 is 5.11 Å². The first kappa shape index (κ1) is 9.56. The summed E-state index contributed by atoms with van der Waals surface area (Å²) in [6.07, 6.45) is 0. The quantitative estimate of drug-likeness (QED) is 0.750. The van der Waals surface area contributed by atoms with Crippen molar-refractivity contribution in [1.82, 2.24) is 0 Å². The van der Waals surface area contributed by atoms with Gasteiger partial charge in [-0.05, 0) is 24.1 Å². The lowest BCUT2D eigenvalue weighted by atomic mass is 10.0. The van der Waals surface area contributed by atoms with Crippen LogP contribution in [0.3, 0.4) is 0 Å². The second kappa shape index (κ2) is 3.92. The number of benzene rings is 1. The number of aliphatic hydroxyl groups is 1. The molecule has 1 nitrogen and oxygen atoms in total. The Morgan fingerprint density at radius 1 is 1.50 bits per heavy atom. The van der Waals surface area contributed by atoms with Crippen LogP contribution in [-0.2, 0) is 0 Å². The standard InChI is InChI=1S/C10H13ClO/c1-7-3-4-9(5-10(7)11)8(2)6-12/h3-5,8,12H,6H2,1-2H3. The number of rotatable bonds is 2. The highest BCUT2D eigenvalue weighted by atomic mass is 35.5. The molecule has 1 atom stereocenters. The molecule has 0 aliphatic carbocycles. The average molecular weight is 185 g/mol. The molecule has 0 aliphatic rings. The van der Waals surface area contributed by atoms with E-state index in [1.807, 2.05) is 32.0 Å². The summed E-state index contributed by atoms with van der Waals surface area (Å²) >= 11 is 5.93. The van der Waals surface area contributed by atoms with E-state index >= 15 is 0 Å². The zero-order valence-electron chi connectivity index (χ0n) is 7.34. The molecule has 0 aliphatic heterocycles. The van der Waals surface area contributed by atoms with Gasteiger partial charge in [0.05, 0.1) is 0 Å². The fraction of sp³-hybridized carbons (Fsp3) is 0.400. The molecule has 0 radical (unpaired) electrons. The van der Waals surface area contributed by atoms with Crippen molar-refractivity contribution in [2.45, 2.75) is 19.8 Å². The number of aliphatic hydroxyl groups excluding tert-OH is 1. The van der Waals surface area contributed by atoms with E-state index in [-0.39, 0.29) is 12.5 Å². The first-order chi connectivity index (χ1) is 5.65. The lowest BCUT2D eigenvalue weighted by Gasteiger charge is -2.09. The summed E-state index contributed by atoms with van der Waals surface area (Å²) in [5.41, 5.74) is 2.17. The number of aryl methyl sites for hydroxylation is 1. The highest BCUT2D eigenvalue weighted by molar-refractivity contribution is 6.31. The highest BCUT2D eigenvalue weighted by Crippen LogP contribution is 2.21. The van der Waals surface area contributed by atoms with Gasteiger partial charge in [-0.15, -0.1) is 0 Å². The van der Waals surface area contributed by atoms with E-state index in [9.17, 15) is 0 Å². The number of halogens is 1. The summed E-state index contributed by atoms with van der Waals surface area (Å²) in [7, 11) is 0. The van der Waals surface area contributed by atoms with Gasteiger partial charge in [-0.1, -0.05) is 30.7 Å². The van der Waals surface area contributed by atoms with Gasteiger partial charge in [0.25, 0.3) is 0 Å². The third-order valence-electron chi connectivity index (χ3n) is 2.04. The summed E-state index contributed by atoms with van der Waals surface area (Å²) in [4.78, 5) is 0. The maximum Gasteiger partial charge on any atom is 0.0497 e. The predicted molar refractivity (Wildman–Crippen MR) is 51.7 cm³/mol. The third kappa shape index (κ3) is 1.99. The van der Waals surface area contributed by atoms with Crippen LogP contribution < -0.4 is 0 Å². The van der Waals surface area contributed by atoms with Crippen molar-refractivity contribution in [1.29, 1.82) is 0 Å². The van der Waals surface area contributed by atoms with E-state index < -0.39 is 0 Å². The third-order valence-corrected chi connectivity index (χ3v) is 2.45. The second-order valence-electron chi connectivity index (χ2n) is 3.09. The van der Waals surface area contributed by atoms with Crippen LogP contribution in [-0.4, -0.2) is 11.7 Å². The molecule has 1 rings (SSSR count). The Morgan fingerprint density at radius 3 is 2.67 bits per heavy atom. The van der Waals surface area contributed by atoms with Gasteiger partial charge in [0, 0.05) is 17.5 Å². The zero-order chi connectivity index (χ0) is 9.14. The Morgan fingerprint density at radius 2 is 2.17 bits per heavy atom. The lowest BCUT2D eigenvalue weighted by Crippen LogP contribution is -1.98. The summed E-state index contributed by atoms with van der Waals surface area (Å²) < 4.78 is 0. The van der Waals surface area contributed by atoms with E-state index in [4.69, 9.17) is 16.7 Å². The highest BCUT2D eigenvalue weighted by Gasteiger charge is 2.04. The molecule has 0 bridgehead atoms. The largest absolute Gasteiger partial charge is 0.396 e. The Kier molecular flexibility index (Phi) is 3.12. The van der Waals surface area contributed by atoms with E-state index in [1.165, 1.54) is 0 Å². The second-order valence-corrected chi connectivity index (χ2v) is 3.50. The van der Waals surface area contributed by atoms with Crippen molar-refractivity contribution in [2.24, 2.45) is 0 Å². The molecule has 1 aromatic rings. The Hall–Kier alpha value is -0.530.